The normalized spacial score (nSPS) is 25.9. The summed E-state index contributed by atoms with van der Waals surface area (Å²) in [4.78, 5) is 57.2. The zero-order valence-electron chi connectivity index (χ0n) is 22.5. The molecule has 1 aromatic carbocycles. The third-order valence-corrected chi connectivity index (χ3v) is 7.92. The Balaban J connectivity index is 1.56. The Hall–Kier alpha value is -2.78. The molecule has 3 saturated heterocycles. The van der Waals surface area contributed by atoms with E-state index in [1.807, 2.05) is 26.0 Å². The van der Waals surface area contributed by atoms with Gasteiger partial charge in [-0.3, -0.25) is 19.2 Å². The lowest BCUT2D eigenvalue weighted by atomic mass is 9.98. The number of carbonyl (C=O) groups excluding carboxylic acids is 4. The molecule has 2 amide bonds. The molecule has 3 aliphatic rings. The van der Waals surface area contributed by atoms with Crippen LogP contribution < -0.4 is 20.9 Å². The molecular formula is C28H41N5O4. The van der Waals surface area contributed by atoms with Gasteiger partial charge in [-0.05, 0) is 76.3 Å². The summed E-state index contributed by atoms with van der Waals surface area (Å²) >= 11 is 0. The monoisotopic (exact) mass is 511 g/mol. The van der Waals surface area contributed by atoms with E-state index in [2.05, 4.69) is 34.7 Å². The first-order valence-electron chi connectivity index (χ1n) is 13.8. The van der Waals surface area contributed by atoms with E-state index in [-0.39, 0.29) is 47.9 Å². The maximum atomic E-state index is 14.0. The van der Waals surface area contributed by atoms with Gasteiger partial charge in [0.2, 0.25) is 5.91 Å². The maximum Gasteiger partial charge on any atom is 0.251 e. The van der Waals surface area contributed by atoms with Gasteiger partial charge in [0.25, 0.3) is 5.91 Å². The molecule has 0 radical (unpaired) electrons. The maximum absolute atomic E-state index is 14.0. The van der Waals surface area contributed by atoms with Crippen molar-refractivity contribution in [1.29, 1.82) is 0 Å². The summed E-state index contributed by atoms with van der Waals surface area (Å²) in [7, 11) is 0. The summed E-state index contributed by atoms with van der Waals surface area (Å²) in [6.45, 7) is 10.9. The van der Waals surface area contributed by atoms with Gasteiger partial charge in [0.1, 0.15) is 12.1 Å². The lowest BCUT2D eigenvalue weighted by Crippen LogP contribution is -2.57. The van der Waals surface area contributed by atoms with Crippen LogP contribution in [0, 0.1) is 5.92 Å². The second kappa shape index (κ2) is 11.7. The molecule has 37 heavy (non-hydrogen) atoms. The topological polar surface area (TPSA) is 111 Å². The molecule has 0 saturated carbocycles. The number of fused-ring (bicyclic) bond motifs is 1. The number of amides is 2. The second-order valence-corrected chi connectivity index (χ2v) is 10.8. The van der Waals surface area contributed by atoms with Crippen molar-refractivity contribution in [3.8, 4) is 0 Å². The second-order valence-electron chi connectivity index (χ2n) is 10.8. The number of Topliss-reactive ketones (excluding diaryl/α,β-unsaturated/α-hetero) is 2. The van der Waals surface area contributed by atoms with E-state index in [1.54, 1.807) is 12.1 Å². The first-order valence-corrected chi connectivity index (χ1v) is 13.8. The zero-order chi connectivity index (χ0) is 26.7. The Kier molecular flexibility index (Phi) is 8.64. The summed E-state index contributed by atoms with van der Waals surface area (Å²) in [5, 5.41) is 9.37. The number of likely N-dealkylation sites (tertiary alicyclic amines) is 1. The van der Waals surface area contributed by atoms with Crippen molar-refractivity contribution in [3.63, 3.8) is 0 Å². The van der Waals surface area contributed by atoms with Gasteiger partial charge >= 0.3 is 0 Å². The summed E-state index contributed by atoms with van der Waals surface area (Å²) in [6.07, 6.45) is 2.50. The van der Waals surface area contributed by atoms with Crippen molar-refractivity contribution < 1.29 is 19.2 Å². The number of ketones is 2. The summed E-state index contributed by atoms with van der Waals surface area (Å²) in [5.41, 5.74) is 1.51. The molecule has 5 atom stereocenters. The predicted molar refractivity (Wildman–Crippen MR) is 143 cm³/mol. The van der Waals surface area contributed by atoms with Crippen LogP contribution in [-0.2, 0) is 14.4 Å². The van der Waals surface area contributed by atoms with E-state index in [0.717, 1.165) is 38.2 Å². The van der Waals surface area contributed by atoms with Gasteiger partial charge in [-0.25, -0.2) is 0 Å². The fourth-order valence-corrected chi connectivity index (χ4v) is 6.01. The first kappa shape index (κ1) is 27.3. The third-order valence-electron chi connectivity index (χ3n) is 7.92. The molecule has 3 N–H and O–H groups in total. The van der Waals surface area contributed by atoms with Crippen LogP contribution in [0.2, 0.25) is 0 Å². The van der Waals surface area contributed by atoms with Gasteiger partial charge in [0, 0.05) is 30.4 Å². The molecule has 202 valence electrons. The lowest BCUT2D eigenvalue weighted by molar-refractivity contribution is -0.144. The first-order chi connectivity index (χ1) is 17.7. The summed E-state index contributed by atoms with van der Waals surface area (Å²) in [6, 6.07) is 4.69. The van der Waals surface area contributed by atoms with E-state index in [9.17, 15) is 19.2 Å². The highest BCUT2D eigenvalue weighted by Gasteiger charge is 2.54. The number of hydrogen-bond acceptors (Lipinski definition) is 7. The highest BCUT2D eigenvalue weighted by Crippen LogP contribution is 2.32. The van der Waals surface area contributed by atoms with E-state index in [0.29, 0.717) is 18.4 Å². The predicted octanol–water partition coefficient (Wildman–Crippen LogP) is 1.51. The minimum absolute atomic E-state index is 0.0311. The highest BCUT2D eigenvalue weighted by atomic mass is 16.2. The van der Waals surface area contributed by atoms with Crippen molar-refractivity contribution in [2.24, 2.45) is 5.92 Å². The van der Waals surface area contributed by atoms with Gasteiger partial charge in [-0.1, -0.05) is 13.8 Å². The van der Waals surface area contributed by atoms with Crippen LogP contribution in [0.4, 0.5) is 5.69 Å². The van der Waals surface area contributed by atoms with Crippen molar-refractivity contribution in [1.82, 2.24) is 20.9 Å². The summed E-state index contributed by atoms with van der Waals surface area (Å²) in [5.74, 6) is -0.661. The summed E-state index contributed by atoms with van der Waals surface area (Å²) < 4.78 is 0. The SMILES string of the molecule is CCN(CC)c1ccc(C(=O)NC(CC(C)C)C(=O)N2C(C(=O)C3CCCN3)CC3NCC(=O)C32)cc1. The minimum atomic E-state index is -0.825. The Bertz CT molecular complexity index is 1000. The van der Waals surface area contributed by atoms with E-state index in [4.69, 9.17) is 0 Å². The number of nitrogens with one attached hydrogen (secondary N) is 3. The molecule has 3 fully saturated rings. The number of benzene rings is 1. The number of rotatable bonds is 10. The third kappa shape index (κ3) is 5.72. The quantitative estimate of drug-likeness (QED) is 0.437. The molecule has 9 nitrogen and oxygen atoms in total. The molecule has 0 bridgehead atoms. The molecule has 0 spiro atoms. The molecule has 9 heteroatoms. The Morgan fingerprint density at radius 1 is 1.11 bits per heavy atom. The Morgan fingerprint density at radius 3 is 2.41 bits per heavy atom. The van der Waals surface area contributed by atoms with E-state index in [1.165, 1.54) is 4.90 Å². The van der Waals surface area contributed by atoms with Crippen LogP contribution in [0.1, 0.15) is 63.7 Å². The van der Waals surface area contributed by atoms with Crippen LogP contribution in [0.5, 0.6) is 0 Å². The molecule has 0 aromatic heterocycles. The molecule has 4 rings (SSSR count). The Morgan fingerprint density at radius 2 is 1.81 bits per heavy atom. The molecular weight excluding hydrogens is 470 g/mol. The number of nitrogens with zero attached hydrogens (tertiary/aromatic N) is 2. The fraction of sp³-hybridized carbons (Fsp3) is 0.643. The average Bonchev–Trinajstić information content (AvgIpc) is 3.62. The average molecular weight is 512 g/mol. The highest BCUT2D eigenvalue weighted by molar-refractivity contribution is 6.02. The van der Waals surface area contributed by atoms with E-state index < -0.39 is 18.1 Å². The fourth-order valence-electron chi connectivity index (χ4n) is 6.01. The Labute approximate surface area is 219 Å². The lowest BCUT2D eigenvalue weighted by Gasteiger charge is -2.33. The van der Waals surface area contributed by atoms with E-state index >= 15 is 0 Å². The van der Waals surface area contributed by atoms with Gasteiger partial charge < -0.3 is 25.8 Å². The van der Waals surface area contributed by atoms with Crippen LogP contribution in [0.25, 0.3) is 0 Å². The van der Waals surface area contributed by atoms with Crippen molar-refractivity contribution in [3.05, 3.63) is 29.8 Å². The van der Waals surface area contributed by atoms with Gasteiger partial charge in [-0.2, -0.15) is 0 Å². The van der Waals surface area contributed by atoms with Crippen molar-refractivity contribution in [2.75, 3.05) is 31.1 Å². The van der Waals surface area contributed by atoms with Crippen molar-refractivity contribution >= 4 is 29.1 Å². The molecule has 1 aromatic rings. The standard InChI is InChI=1S/C28H41N5O4/c1-5-32(6-2)19-11-9-18(10-12-19)27(36)31-22(14-17(3)4)28(37)33-23(26(35)20-8-7-13-29-20)15-21-25(33)24(34)16-30-21/h9-12,17,20-23,25,29-30H,5-8,13-16H2,1-4H3,(H,31,36). The van der Waals surface area contributed by atoms with Crippen molar-refractivity contribution in [2.45, 2.75) is 83.6 Å². The molecule has 3 heterocycles. The number of anilines is 1. The van der Waals surface area contributed by atoms with Gasteiger partial charge in [0.05, 0.1) is 18.6 Å². The van der Waals surface area contributed by atoms with Gasteiger partial charge in [-0.15, -0.1) is 0 Å². The number of carbonyl (C=O) groups is 4. The molecule has 5 unspecified atom stereocenters. The largest absolute Gasteiger partial charge is 0.372 e. The molecule has 0 aliphatic carbocycles. The zero-order valence-corrected chi connectivity index (χ0v) is 22.5. The van der Waals surface area contributed by atoms with Crippen LogP contribution in [-0.4, -0.2) is 84.7 Å². The number of hydrogen-bond donors (Lipinski definition) is 3. The van der Waals surface area contributed by atoms with Gasteiger partial charge in [0.15, 0.2) is 11.6 Å². The van der Waals surface area contributed by atoms with Crippen LogP contribution in [0.15, 0.2) is 24.3 Å². The molecule has 3 aliphatic heterocycles. The smallest absolute Gasteiger partial charge is 0.251 e. The minimum Gasteiger partial charge on any atom is -0.372 e. The van der Waals surface area contributed by atoms with Crippen LogP contribution in [0.3, 0.4) is 0 Å². The van der Waals surface area contributed by atoms with Crippen LogP contribution >= 0.6 is 0 Å².